The Morgan fingerprint density at radius 2 is 1.96 bits per heavy atom. The molecule has 10 heteroatoms. The first-order chi connectivity index (χ1) is 13.4. The number of nitro groups is 1. The Morgan fingerprint density at radius 1 is 1.29 bits per heavy atom. The highest BCUT2D eigenvalue weighted by Gasteiger charge is 2.50. The molecule has 10 nitrogen and oxygen atoms in total. The highest BCUT2D eigenvalue weighted by Crippen LogP contribution is 2.44. The van der Waals surface area contributed by atoms with Crippen molar-refractivity contribution in [2.45, 2.75) is 37.0 Å². The number of unbranched alkanes of at least 4 members (excludes halogenated alkanes) is 2. The van der Waals surface area contributed by atoms with Gasteiger partial charge in [0.2, 0.25) is 0 Å². The Hall–Kier alpha value is -1.98. The van der Waals surface area contributed by atoms with Crippen LogP contribution in [0.2, 0.25) is 0 Å². The first-order valence-corrected chi connectivity index (χ1v) is 9.26. The number of aliphatic hydroxyl groups excluding tert-OH is 1. The molecule has 0 saturated carbocycles. The van der Waals surface area contributed by atoms with Crippen molar-refractivity contribution < 1.29 is 24.2 Å². The highest BCUT2D eigenvalue weighted by molar-refractivity contribution is 5.65. The third kappa shape index (κ3) is 4.70. The number of ether oxygens (including phenoxy) is 3. The summed E-state index contributed by atoms with van der Waals surface area (Å²) in [5.41, 5.74) is 10.5. The third-order valence-corrected chi connectivity index (χ3v) is 4.88. The molecular formula is C18H30N4O6. The van der Waals surface area contributed by atoms with E-state index >= 15 is 0 Å². The minimum absolute atomic E-state index is 0.0143. The van der Waals surface area contributed by atoms with Crippen LogP contribution >= 0.6 is 0 Å². The lowest BCUT2D eigenvalue weighted by Gasteiger charge is -2.45. The summed E-state index contributed by atoms with van der Waals surface area (Å²) in [6, 6.07) is 2.23. The van der Waals surface area contributed by atoms with E-state index in [-0.39, 0.29) is 30.3 Å². The maximum Gasteiger partial charge on any atom is 0.295 e. The molecule has 1 aliphatic heterocycles. The molecule has 1 aromatic carbocycles. The summed E-state index contributed by atoms with van der Waals surface area (Å²) in [4.78, 5) is 10.7. The summed E-state index contributed by atoms with van der Waals surface area (Å²) >= 11 is 0. The van der Waals surface area contributed by atoms with E-state index in [4.69, 9.17) is 25.7 Å². The van der Waals surface area contributed by atoms with Gasteiger partial charge in [0.15, 0.2) is 5.60 Å². The smallest absolute Gasteiger partial charge is 0.295 e. The van der Waals surface area contributed by atoms with Gasteiger partial charge in [-0.05, 0) is 32.0 Å². The minimum atomic E-state index is -1.21. The fraction of sp³-hybridized carbons (Fsp3) is 0.667. The monoisotopic (exact) mass is 398 g/mol. The van der Waals surface area contributed by atoms with Crippen molar-refractivity contribution in [3.05, 3.63) is 27.8 Å². The first-order valence-electron chi connectivity index (χ1n) is 9.26. The molecule has 0 saturated heterocycles. The standard InChI is InChI=1S/C18H30N4O6/c1-26-10-18(11-27-2)17(23)16(21-7-5-3-4-6-19)12-8-13(20)14(22(24)25)9-15(12)28-18/h8-9,16-17,21,23H,3-7,10-11,19-20H2,1-2H3. The van der Waals surface area contributed by atoms with Crippen molar-refractivity contribution in [2.24, 2.45) is 5.73 Å². The lowest BCUT2D eigenvalue weighted by molar-refractivity contribution is -0.384. The molecule has 0 amide bonds. The van der Waals surface area contributed by atoms with Gasteiger partial charge >= 0.3 is 0 Å². The number of benzene rings is 1. The molecule has 0 spiro atoms. The van der Waals surface area contributed by atoms with Crippen LogP contribution in [0.25, 0.3) is 0 Å². The van der Waals surface area contributed by atoms with Crippen LogP contribution in [0.15, 0.2) is 12.1 Å². The van der Waals surface area contributed by atoms with Crippen LogP contribution in [-0.2, 0) is 9.47 Å². The summed E-state index contributed by atoms with van der Waals surface area (Å²) in [5, 5.41) is 25.7. The molecule has 1 heterocycles. The highest BCUT2D eigenvalue weighted by atomic mass is 16.6. The number of anilines is 1. The maximum atomic E-state index is 11.3. The molecule has 1 aromatic rings. The van der Waals surface area contributed by atoms with Crippen molar-refractivity contribution in [3.63, 3.8) is 0 Å². The number of nitrogens with two attached hydrogens (primary N) is 2. The normalized spacial score (nSPS) is 20.4. The lowest BCUT2D eigenvalue weighted by atomic mass is 9.84. The van der Waals surface area contributed by atoms with Gasteiger partial charge in [-0.25, -0.2) is 0 Å². The maximum absolute atomic E-state index is 11.3. The molecule has 0 aromatic heterocycles. The second-order valence-electron chi connectivity index (χ2n) is 6.96. The molecule has 6 N–H and O–H groups in total. The van der Waals surface area contributed by atoms with E-state index in [0.29, 0.717) is 18.7 Å². The molecule has 1 aliphatic rings. The Bertz CT molecular complexity index is 666. The molecule has 0 radical (unpaired) electrons. The quantitative estimate of drug-likeness (QED) is 0.183. The number of hydrogen-bond acceptors (Lipinski definition) is 9. The van der Waals surface area contributed by atoms with Crippen LogP contribution in [0, 0.1) is 10.1 Å². The number of nitro benzene ring substituents is 1. The molecule has 2 unspecified atom stereocenters. The number of nitrogens with one attached hydrogen (secondary N) is 1. The van der Waals surface area contributed by atoms with E-state index in [1.807, 2.05) is 0 Å². The number of aliphatic hydroxyl groups is 1. The summed E-state index contributed by atoms with van der Waals surface area (Å²) in [5.74, 6) is 0.278. The summed E-state index contributed by atoms with van der Waals surface area (Å²) in [7, 11) is 2.98. The number of nitrogens with zero attached hydrogens (tertiary/aromatic N) is 1. The van der Waals surface area contributed by atoms with Crippen LogP contribution in [0.3, 0.4) is 0 Å². The average Bonchev–Trinajstić information content (AvgIpc) is 2.65. The number of hydrogen-bond donors (Lipinski definition) is 4. The zero-order valence-electron chi connectivity index (χ0n) is 16.3. The van der Waals surface area contributed by atoms with Crippen molar-refractivity contribution in [3.8, 4) is 5.75 Å². The fourth-order valence-electron chi connectivity index (χ4n) is 3.53. The third-order valence-electron chi connectivity index (χ3n) is 4.88. The topological polar surface area (TPSA) is 155 Å². The van der Waals surface area contributed by atoms with Gasteiger partial charge in [0.05, 0.1) is 30.2 Å². The van der Waals surface area contributed by atoms with Gasteiger partial charge in [0, 0.05) is 19.8 Å². The Balaban J connectivity index is 2.40. The summed E-state index contributed by atoms with van der Waals surface area (Å²) in [6.45, 7) is 1.36. The van der Waals surface area contributed by atoms with Crippen LogP contribution in [-0.4, -0.2) is 62.3 Å². The van der Waals surface area contributed by atoms with Crippen molar-refractivity contribution >= 4 is 11.4 Å². The van der Waals surface area contributed by atoms with Gasteiger partial charge in [0.1, 0.15) is 17.5 Å². The molecule has 0 aliphatic carbocycles. The van der Waals surface area contributed by atoms with Crippen molar-refractivity contribution in [1.29, 1.82) is 0 Å². The molecule has 0 fully saturated rings. The number of rotatable bonds is 11. The average molecular weight is 398 g/mol. The molecule has 0 bridgehead atoms. The van der Waals surface area contributed by atoms with Gasteiger partial charge in [0.25, 0.3) is 5.69 Å². The Morgan fingerprint density at radius 3 is 2.54 bits per heavy atom. The SMILES string of the molecule is COCC1(COC)Oc2cc([N+](=O)[O-])c(N)cc2C(NCCCCCN)C1O. The summed E-state index contributed by atoms with van der Waals surface area (Å²) in [6.07, 6.45) is 1.74. The predicted molar refractivity (Wildman–Crippen MR) is 104 cm³/mol. The van der Waals surface area contributed by atoms with Gasteiger partial charge in [-0.2, -0.15) is 0 Å². The van der Waals surface area contributed by atoms with Crippen LogP contribution in [0.5, 0.6) is 5.75 Å². The van der Waals surface area contributed by atoms with E-state index in [0.717, 1.165) is 19.3 Å². The Kier molecular flexibility index (Phi) is 7.96. The molecule has 28 heavy (non-hydrogen) atoms. The van der Waals surface area contributed by atoms with Gasteiger partial charge in [-0.15, -0.1) is 0 Å². The number of methoxy groups -OCH3 is 2. The van der Waals surface area contributed by atoms with Crippen molar-refractivity contribution in [2.75, 3.05) is 46.3 Å². The van der Waals surface area contributed by atoms with Crippen LogP contribution in [0.1, 0.15) is 30.9 Å². The fourth-order valence-corrected chi connectivity index (χ4v) is 3.53. The van der Waals surface area contributed by atoms with Gasteiger partial charge in [-0.3, -0.25) is 10.1 Å². The second-order valence-corrected chi connectivity index (χ2v) is 6.96. The number of nitrogen functional groups attached to an aromatic ring is 1. The van der Waals surface area contributed by atoms with Crippen LogP contribution < -0.4 is 21.5 Å². The van der Waals surface area contributed by atoms with E-state index in [9.17, 15) is 15.2 Å². The molecular weight excluding hydrogens is 368 g/mol. The predicted octanol–water partition coefficient (Wildman–Crippen LogP) is 0.722. The zero-order chi connectivity index (χ0) is 20.7. The van der Waals surface area contributed by atoms with E-state index in [2.05, 4.69) is 5.32 Å². The van der Waals surface area contributed by atoms with Gasteiger partial charge in [-0.1, -0.05) is 6.42 Å². The zero-order valence-corrected chi connectivity index (χ0v) is 16.3. The minimum Gasteiger partial charge on any atom is -0.479 e. The number of fused-ring (bicyclic) bond motifs is 1. The van der Waals surface area contributed by atoms with E-state index < -0.39 is 22.7 Å². The van der Waals surface area contributed by atoms with E-state index in [1.54, 1.807) is 0 Å². The summed E-state index contributed by atoms with van der Waals surface area (Å²) < 4.78 is 16.5. The molecule has 2 rings (SSSR count). The van der Waals surface area contributed by atoms with Gasteiger partial charge < -0.3 is 36.1 Å². The van der Waals surface area contributed by atoms with Crippen molar-refractivity contribution in [1.82, 2.24) is 5.32 Å². The van der Waals surface area contributed by atoms with E-state index in [1.165, 1.54) is 26.4 Å². The second kappa shape index (κ2) is 9.99. The Labute approximate surface area is 164 Å². The first kappa shape index (κ1) is 22.3. The molecule has 158 valence electrons. The lowest BCUT2D eigenvalue weighted by Crippen LogP contribution is -2.61. The molecule has 2 atom stereocenters. The van der Waals surface area contributed by atoms with Crippen LogP contribution in [0.4, 0.5) is 11.4 Å². The largest absolute Gasteiger partial charge is 0.479 e.